The van der Waals surface area contributed by atoms with Crippen LogP contribution in [0, 0.1) is 0 Å². The van der Waals surface area contributed by atoms with Crippen molar-refractivity contribution in [3.8, 4) is 11.5 Å². The van der Waals surface area contributed by atoms with E-state index in [0.29, 0.717) is 24.8 Å². The number of likely N-dealkylation sites (tertiary alicyclic amines) is 1. The summed E-state index contributed by atoms with van der Waals surface area (Å²) in [6.07, 6.45) is 1.70. The molecule has 5 nitrogen and oxygen atoms in total. The normalized spacial score (nSPS) is 21.3. The number of hydrogen-bond acceptors (Lipinski definition) is 6. The highest BCUT2D eigenvalue weighted by molar-refractivity contribution is 7.08. The fraction of sp³-hybridized carbons (Fsp3) is 0.500. The molecule has 0 aliphatic carbocycles. The quantitative estimate of drug-likeness (QED) is 0.916. The van der Waals surface area contributed by atoms with Crippen LogP contribution in [-0.2, 0) is 6.54 Å². The van der Waals surface area contributed by atoms with E-state index in [4.69, 9.17) is 4.52 Å². The lowest BCUT2D eigenvalue weighted by molar-refractivity contribution is 0.0651. The zero-order valence-electron chi connectivity index (χ0n) is 9.95. The van der Waals surface area contributed by atoms with Gasteiger partial charge in [0.15, 0.2) is 5.82 Å². The van der Waals surface area contributed by atoms with Crippen molar-refractivity contribution in [2.45, 2.75) is 25.5 Å². The van der Waals surface area contributed by atoms with Gasteiger partial charge in [0.1, 0.15) is 0 Å². The number of hydrogen-bond donors (Lipinski definition) is 1. The van der Waals surface area contributed by atoms with E-state index in [-0.39, 0.29) is 6.10 Å². The maximum absolute atomic E-state index is 9.61. The van der Waals surface area contributed by atoms with Crippen LogP contribution in [0.3, 0.4) is 0 Å². The second kappa shape index (κ2) is 5.17. The van der Waals surface area contributed by atoms with E-state index >= 15 is 0 Å². The van der Waals surface area contributed by atoms with Crippen LogP contribution in [0.1, 0.15) is 18.7 Å². The van der Waals surface area contributed by atoms with Crippen molar-refractivity contribution in [3.05, 3.63) is 22.7 Å². The van der Waals surface area contributed by atoms with Crippen molar-refractivity contribution in [3.63, 3.8) is 0 Å². The van der Waals surface area contributed by atoms with Crippen LogP contribution in [0.2, 0.25) is 0 Å². The third kappa shape index (κ3) is 2.60. The molecule has 2 aromatic rings. The van der Waals surface area contributed by atoms with E-state index in [9.17, 15) is 5.11 Å². The molecule has 0 aromatic carbocycles. The van der Waals surface area contributed by atoms with Gasteiger partial charge in [-0.1, -0.05) is 5.16 Å². The van der Waals surface area contributed by atoms with E-state index in [1.165, 1.54) is 0 Å². The highest BCUT2D eigenvalue weighted by Gasteiger charge is 2.19. The van der Waals surface area contributed by atoms with Crippen LogP contribution in [-0.4, -0.2) is 39.3 Å². The Balaban J connectivity index is 1.66. The summed E-state index contributed by atoms with van der Waals surface area (Å²) in [5, 5.41) is 17.6. The van der Waals surface area contributed by atoms with Gasteiger partial charge in [0.2, 0.25) is 0 Å². The first-order valence-corrected chi connectivity index (χ1v) is 7.01. The van der Waals surface area contributed by atoms with E-state index in [1.54, 1.807) is 11.3 Å². The molecule has 1 aliphatic heterocycles. The Labute approximate surface area is 109 Å². The number of nitrogens with zero attached hydrogens (tertiary/aromatic N) is 3. The lowest BCUT2D eigenvalue weighted by Crippen LogP contribution is -2.37. The molecule has 3 rings (SSSR count). The van der Waals surface area contributed by atoms with Crippen molar-refractivity contribution in [2.75, 3.05) is 13.1 Å². The highest BCUT2D eigenvalue weighted by atomic mass is 32.1. The van der Waals surface area contributed by atoms with Crippen LogP contribution in [0.5, 0.6) is 0 Å². The first kappa shape index (κ1) is 11.8. The molecule has 2 aromatic heterocycles. The summed E-state index contributed by atoms with van der Waals surface area (Å²) in [6, 6.07) is 1.96. The molecule has 1 N–H and O–H groups in total. The Morgan fingerprint density at radius 3 is 3.28 bits per heavy atom. The van der Waals surface area contributed by atoms with Crippen molar-refractivity contribution in [1.82, 2.24) is 15.0 Å². The summed E-state index contributed by atoms with van der Waals surface area (Å²) in [4.78, 5) is 6.54. The van der Waals surface area contributed by atoms with Crippen molar-refractivity contribution >= 4 is 11.3 Å². The zero-order valence-corrected chi connectivity index (χ0v) is 10.8. The maximum Gasteiger partial charge on any atom is 0.258 e. The average molecular weight is 265 g/mol. The van der Waals surface area contributed by atoms with E-state index in [2.05, 4.69) is 15.0 Å². The third-order valence-electron chi connectivity index (χ3n) is 3.08. The van der Waals surface area contributed by atoms with Crippen LogP contribution < -0.4 is 0 Å². The summed E-state index contributed by atoms with van der Waals surface area (Å²) in [7, 11) is 0. The Morgan fingerprint density at radius 2 is 2.50 bits per heavy atom. The number of piperidine rings is 1. The molecule has 0 spiro atoms. The molecule has 1 atom stereocenters. The second-order valence-electron chi connectivity index (χ2n) is 4.56. The molecular formula is C12H15N3O2S. The monoisotopic (exact) mass is 265 g/mol. The Hall–Kier alpha value is -1.24. The van der Waals surface area contributed by atoms with Crippen molar-refractivity contribution < 1.29 is 9.63 Å². The van der Waals surface area contributed by atoms with Gasteiger partial charge in [-0.2, -0.15) is 16.3 Å². The predicted octanol–water partition coefficient (Wildman–Crippen LogP) is 1.75. The third-order valence-corrected chi connectivity index (χ3v) is 3.77. The number of aromatic nitrogens is 2. The fourth-order valence-electron chi connectivity index (χ4n) is 2.20. The van der Waals surface area contributed by atoms with Gasteiger partial charge in [-0.15, -0.1) is 0 Å². The summed E-state index contributed by atoms with van der Waals surface area (Å²) >= 11 is 1.61. The number of aliphatic hydroxyl groups is 1. The minimum atomic E-state index is -0.220. The highest BCUT2D eigenvalue weighted by Crippen LogP contribution is 2.20. The SMILES string of the molecule is OC1CCCN(Cc2noc(-c3ccsc3)n2)C1. The molecule has 0 saturated carbocycles. The zero-order chi connectivity index (χ0) is 12.4. The molecule has 0 bridgehead atoms. The molecule has 18 heavy (non-hydrogen) atoms. The van der Waals surface area contributed by atoms with Gasteiger partial charge in [0.25, 0.3) is 5.89 Å². The predicted molar refractivity (Wildman–Crippen MR) is 68.1 cm³/mol. The van der Waals surface area contributed by atoms with Gasteiger partial charge in [-0.3, -0.25) is 4.90 Å². The topological polar surface area (TPSA) is 62.4 Å². The lowest BCUT2D eigenvalue weighted by atomic mass is 10.1. The number of aliphatic hydroxyl groups excluding tert-OH is 1. The standard InChI is InChI=1S/C12H15N3O2S/c16-10-2-1-4-15(6-10)7-11-13-12(17-14-11)9-3-5-18-8-9/h3,5,8,10,16H,1-2,4,6-7H2. The van der Waals surface area contributed by atoms with Gasteiger partial charge in [-0.05, 0) is 30.8 Å². The molecule has 96 valence electrons. The van der Waals surface area contributed by atoms with Gasteiger partial charge < -0.3 is 9.63 Å². The maximum atomic E-state index is 9.61. The Bertz CT molecular complexity index is 497. The molecule has 0 amide bonds. The van der Waals surface area contributed by atoms with E-state index in [1.807, 2.05) is 16.8 Å². The average Bonchev–Trinajstić information content (AvgIpc) is 2.98. The molecular weight excluding hydrogens is 250 g/mol. The summed E-state index contributed by atoms with van der Waals surface area (Å²) in [5.74, 6) is 1.26. The number of β-amino-alcohol motifs (C(OH)–C–C–N with tert-alkyl or cyclic N) is 1. The summed E-state index contributed by atoms with van der Waals surface area (Å²) in [5.41, 5.74) is 0.970. The fourth-order valence-corrected chi connectivity index (χ4v) is 2.83. The van der Waals surface area contributed by atoms with Crippen LogP contribution in [0.4, 0.5) is 0 Å². The molecule has 1 unspecified atom stereocenters. The van der Waals surface area contributed by atoms with Crippen molar-refractivity contribution in [2.24, 2.45) is 0 Å². The van der Waals surface area contributed by atoms with Gasteiger partial charge in [0.05, 0.1) is 18.2 Å². The Morgan fingerprint density at radius 1 is 1.56 bits per heavy atom. The smallest absolute Gasteiger partial charge is 0.258 e. The second-order valence-corrected chi connectivity index (χ2v) is 5.34. The minimum Gasteiger partial charge on any atom is -0.392 e. The number of rotatable bonds is 3. The minimum absolute atomic E-state index is 0.220. The van der Waals surface area contributed by atoms with Gasteiger partial charge in [-0.25, -0.2) is 0 Å². The first-order valence-electron chi connectivity index (χ1n) is 6.07. The molecule has 1 fully saturated rings. The van der Waals surface area contributed by atoms with Gasteiger partial charge in [0, 0.05) is 11.9 Å². The largest absolute Gasteiger partial charge is 0.392 e. The molecule has 3 heterocycles. The van der Waals surface area contributed by atoms with E-state index in [0.717, 1.165) is 24.9 Å². The van der Waals surface area contributed by atoms with Gasteiger partial charge >= 0.3 is 0 Å². The van der Waals surface area contributed by atoms with Crippen molar-refractivity contribution in [1.29, 1.82) is 0 Å². The van der Waals surface area contributed by atoms with Crippen LogP contribution in [0.25, 0.3) is 11.5 Å². The molecule has 1 saturated heterocycles. The lowest BCUT2D eigenvalue weighted by Gasteiger charge is -2.28. The van der Waals surface area contributed by atoms with Crippen LogP contribution in [0.15, 0.2) is 21.3 Å². The molecule has 6 heteroatoms. The summed E-state index contributed by atoms with van der Waals surface area (Å²) in [6.45, 7) is 2.33. The van der Waals surface area contributed by atoms with E-state index < -0.39 is 0 Å². The molecule has 0 radical (unpaired) electrons. The molecule has 1 aliphatic rings. The van der Waals surface area contributed by atoms with Crippen LogP contribution >= 0.6 is 11.3 Å². The first-order chi connectivity index (χ1) is 8.81. The Kier molecular flexibility index (Phi) is 3.40. The number of thiophene rings is 1. The summed E-state index contributed by atoms with van der Waals surface area (Å²) < 4.78 is 5.23.